The first kappa shape index (κ1) is 8.51. The molecule has 0 fully saturated rings. The molecule has 0 aromatic carbocycles. The van der Waals surface area contributed by atoms with E-state index in [2.05, 4.69) is 15.0 Å². The molecular weight excluding hydrogens is 186 g/mol. The number of hydrogen-bond acceptors (Lipinski definition) is 2. The van der Waals surface area contributed by atoms with Crippen LogP contribution in [0.1, 0.15) is 25.6 Å². The highest BCUT2D eigenvalue weighted by atomic mass is 35.5. The Morgan fingerprint density at radius 1 is 1.38 bits per heavy atom. The van der Waals surface area contributed by atoms with Gasteiger partial charge < -0.3 is 4.98 Å². The summed E-state index contributed by atoms with van der Waals surface area (Å²) in [6, 6.07) is 1.88. The van der Waals surface area contributed by atoms with Gasteiger partial charge in [0.1, 0.15) is 16.6 Å². The molecule has 13 heavy (non-hydrogen) atoms. The van der Waals surface area contributed by atoms with Crippen LogP contribution in [0.15, 0.2) is 12.3 Å². The van der Waals surface area contributed by atoms with Gasteiger partial charge >= 0.3 is 0 Å². The Morgan fingerprint density at radius 2 is 2.15 bits per heavy atom. The van der Waals surface area contributed by atoms with E-state index in [9.17, 15) is 0 Å². The van der Waals surface area contributed by atoms with Gasteiger partial charge in [0.25, 0.3) is 0 Å². The van der Waals surface area contributed by atoms with Gasteiger partial charge in [-0.1, -0.05) is 25.4 Å². The predicted octanol–water partition coefficient (Wildman–Crippen LogP) is 2.73. The number of halogens is 1. The maximum atomic E-state index is 5.98. The minimum absolute atomic E-state index is 0.296. The molecule has 68 valence electrons. The lowest BCUT2D eigenvalue weighted by Gasteiger charge is -2.03. The number of rotatable bonds is 1. The second-order valence-electron chi connectivity index (χ2n) is 3.27. The van der Waals surface area contributed by atoms with Gasteiger partial charge in [-0.2, -0.15) is 0 Å². The Kier molecular flexibility index (Phi) is 1.96. The second kappa shape index (κ2) is 3.00. The number of fused-ring (bicyclic) bond motifs is 1. The second-order valence-corrected chi connectivity index (χ2v) is 3.63. The van der Waals surface area contributed by atoms with Crippen molar-refractivity contribution in [2.75, 3.05) is 0 Å². The Morgan fingerprint density at radius 3 is 2.85 bits per heavy atom. The van der Waals surface area contributed by atoms with Gasteiger partial charge in [-0.25, -0.2) is 9.97 Å². The van der Waals surface area contributed by atoms with Crippen LogP contribution in [0.3, 0.4) is 0 Å². The Bertz CT molecular complexity index is 433. The van der Waals surface area contributed by atoms with E-state index in [4.69, 9.17) is 11.6 Å². The zero-order valence-corrected chi connectivity index (χ0v) is 8.26. The highest BCUT2D eigenvalue weighted by molar-refractivity contribution is 6.33. The molecular formula is C9H10ClN3. The molecule has 0 bridgehead atoms. The van der Waals surface area contributed by atoms with E-state index in [1.54, 1.807) is 0 Å². The van der Waals surface area contributed by atoms with Gasteiger partial charge in [-0.15, -0.1) is 0 Å². The van der Waals surface area contributed by atoms with Crippen molar-refractivity contribution in [3.8, 4) is 0 Å². The van der Waals surface area contributed by atoms with Crippen molar-refractivity contribution in [2.24, 2.45) is 0 Å². The molecule has 0 aliphatic heterocycles. The minimum Gasteiger partial charge on any atom is -0.346 e. The van der Waals surface area contributed by atoms with Crippen LogP contribution in [0.5, 0.6) is 0 Å². The molecule has 2 aromatic heterocycles. The zero-order valence-electron chi connectivity index (χ0n) is 7.50. The van der Waals surface area contributed by atoms with Crippen molar-refractivity contribution < 1.29 is 0 Å². The summed E-state index contributed by atoms with van der Waals surface area (Å²) in [5.74, 6) is 1.07. The highest BCUT2D eigenvalue weighted by Crippen LogP contribution is 2.21. The van der Waals surface area contributed by atoms with Crippen LogP contribution in [0.2, 0.25) is 5.15 Å². The zero-order chi connectivity index (χ0) is 9.42. The third-order valence-electron chi connectivity index (χ3n) is 1.90. The first-order valence-electron chi connectivity index (χ1n) is 4.19. The highest BCUT2D eigenvalue weighted by Gasteiger charge is 2.08. The molecule has 2 heterocycles. The maximum absolute atomic E-state index is 5.98. The van der Waals surface area contributed by atoms with Gasteiger partial charge in [0.2, 0.25) is 0 Å². The molecule has 2 rings (SSSR count). The van der Waals surface area contributed by atoms with Gasteiger partial charge in [0, 0.05) is 12.1 Å². The van der Waals surface area contributed by atoms with Crippen LogP contribution in [-0.2, 0) is 0 Å². The van der Waals surface area contributed by atoms with Gasteiger partial charge in [0.15, 0.2) is 0 Å². The molecule has 4 heteroatoms. The quantitative estimate of drug-likeness (QED) is 0.711. The molecule has 0 amide bonds. The smallest absolute Gasteiger partial charge is 0.142 e. The lowest BCUT2D eigenvalue weighted by Crippen LogP contribution is -1.97. The van der Waals surface area contributed by atoms with Gasteiger partial charge in [0.05, 0.1) is 5.39 Å². The number of aromatic nitrogens is 3. The SMILES string of the molecule is CC(C)c1nc(Cl)c2cc[nH]c2n1. The number of hydrogen-bond donors (Lipinski definition) is 1. The van der Waals surface area contributed by atoms with E-state index >= 15 is 0 Å². The lowest BCUT2D eigenvalue weighted by atomic mass is 10.2. The van der Waals surface area contributed by atoms with Gasteiger partial charge in [-0.05, 0) is 6.07 Å². The summed E-state index contributed by atoms with van der Waals surface area (Å²) >= 11 is 5.98. The summed E-state index contributed by atoms with van der Waals surface area (Å²) < 4.78 is 0. The van der Waals surface area contributed by atoms with E-state index in [1.807, 2.05) is 26.1 Å². The average Bonchev–Trinajstić information content (AvgIpc) is 2.51. The third-order valence-corrected chi connectivity index (χ3v) is 2.19. The molecule has 0 unspecified atom stereocenters. The van der Waals surface area contributed by atoms with Gasteiger partial charge in [-0.3, -0.25) is 0 Å². The van der Waals surface area contributed by atoms with Crippen molar-refractivity contribution in [3.05, 3.63) is 23.2 Å². The van der Waals surface area contributed by atoms with Crippen LogP contribution < -0.4 is 0 Å². The van der Waals surface area contributed by atoms with Crippen LogP contribution in [0.25, 0.3) is 11.0 Å². The van der Waals surface area contributed by atoms with Crippen LogP contribution >= 0.6 is 11.6 Å². The first-order valence-corrected chi connectivity index (χ1v) is 4.57. The Balaban J connectivity index is 2.70. The Labute approximate surface area is 81.2 Å². The van der Waals surface area contributed by atoms with E-state index < -0.39 is 0 Å². The summed E-state index contributed by atoms with van der Waals surface area (Å²) in [5.41, 5.74) is 0.809. The molecule has 3 nitrogen and oxygen atoms in total. The molecule has 0 spiro atoms. The third kappa shape index (κ3) is 1.40. The molecule has 0 aliphatic carbocycles. The average molecular weight is 196 g/mol. The fraction of sp³-hybridized carbons (Fsp3) is 0.333. The molecule has 0 saturated carbocycles. The fourth-order valence-electron chi connectivity index (χ4n) is 1.18. The first-order chi connectivity index (χ1) is 6.18. The normalized spacial score (nSPS) is 11.4. The minimum atomic E-state index is 0.296. The number of nitrogens with zero attached hydrogens (tertiary/aromatic N) is 2. The summed E-state index contributed by atoms with van der Waals surface area (Å²) in [6.07, 6.45) is 1.81. The van der Waals surface area contributed by atoms with Crippen molar-refractivity contribution in [1.82, 2.24) is 15.0 Å². The largest absolute Gasteiger partial charge is 0.346 e. The standard InChI is InChI=1S/C9H10ClN3/c1-5(2)8-12-7(10)6-3-4-11-9(6)13-8/h3-5H,1-2H3,(H,11,12,13). The molecule has 2 aromatic rings. The monoisotopic (exact) mass is 195 g/mol. The summed E-state index contributed by atoms with van der Waals surface area (Å²) in [7, 11) is 0. The molecule has 1 N–H and O–H groups in total. The van der Waals surface area contributed by atoms with Crippen molar-refractivity contribution in [1.29, 1.82) is 0 Å². The van der Waals surface area contributed by atoms with Crippen molar-refractivity contribution >= 4 is 22.6 Å². The predicted molar refractivity (Wildman–Crippen MR) is 53.0 cm³/mol. The van der Waals surface area contributed by atoms with Crippen LogP contribution in [-0.4, -0.2) is 15.0 Å². The topological polar surface area (TPSA) is 41.6 Å². The van der Waals surface area contributed by atoms with E-state index in [-0.39, 0.29) is 0 Å². The van der Waals surface area contributed by atoms with Crippen LogP contribution in [0, 0.1) is 0 Å². The van der Waals surface area contributed by atoms with Crippen molar-refractivity contribution in [3.63, 3.8) is 0 Å². The fourth-order valence-corrected chi connectivity index (χ4v) is 1.42. The summed E-state index contributed by atoms with van der Waals surface area (Å²) in [6.45, 7) is 4.08. The maximum Gasteiger partial charge on any atom is 0.142 e. The lowest BCUT2D eigenvalue weighted by molar-refractivity contribution is 0.781. The van der Waals surface area contributed by atoms with E-state index in [0.717, 1.165) is 16.9 Å². The Hall–Kier alpha value is -1.09. The molecule has 0 radical (unpaired) electrons. The molecule has 0 aliphatic rings. The summed E-state index contributed by atoms with van der Waals surface area (Å²) in [5, 5.41) is 1.40. The molecule has 0 saturated heterocycles. The van der Waals surface area contributed by atoms with E-state index in [1.165, 1.54) is 0 Å². The van der Waals surface area contributed by atoms with E-state index in [0.29, 0.717) is 11.1 Å². The van der Waals surface area contributed by atoms with Crippen molar-refractivity contribution in [2.45, 2.75) is 19.8 Å². The number of aromatic amines is 1. The van der Waals surface area contributed by atoms with Crippen LogP contribution in [0.4, 0.5) is 0 Å². The summed E-state index contributed by atoms with van der Waals surface area (Å²) in [4.78, 5) is 11.6. The molecule has 0 atom stereocenters. The number of nitrogens with one attached hydrogen (secondary N) is 1. The number of H-pyrrole nitrogens is 1.